The molecule has 0 unspecified atom stereocenters. The smallest absolute Gasteiger partial charge is 0.313 e. The molecular formula is C21H20N2O3. The van der Waals surface area contributed by atoms with E-state index in [9.17, 15) is 4.79 Å². The third-order valence-electron chi connectivity index (χ3n) is 5.55. The molecule has 5 heteroatoms. The number of fused-ring (bicyclic) bond motifs is 5. The lowest BCUT2D eigenvalue weighted by molar-refractivity contribution is -0.169. The van der Waals surface area contributed by atoms with Crippen LogP contribution in [0.4, 0.5) is 0 Å². The standard InChI is InChI=1S/C21H20N2O3/c1-25-21(24)17-19-18-15(14-9-5-6-10-16(14)22-18)11-12-23(19)26-20(17)13-7-3-2-4-8-13/h2-10,17,19-20,22H,11-12H2,1H3/t17-,19-,20+/m1/s1. The minimum absolute atomic E-state index is 0.163. The highest BCUT2D eigenvalue weighted by atomic mass is 16.7. The molecule has 0 bridgehead atoms. The van der Waals surface area contributed by atoms with Crippen molar-refractivity contribution in [1.82, 2.24) is 10.0 Å². The Labute approximate surface area is 151 Å². The van der Waals surface area contributed by atoms with Crippen LogP contribution in [0.2, 0.25) is 0 Å². The monoisotopic (exact) mass is 348 g/mol. The first-order chi connectivity index (χ1) is 12.8. The Balaban J connectivity index is 1.65. The third kappa shape index (κ3) is 2.21. The molecule has 3 atom stereocenters. The summed E-state index contributed by atoms with van der Waals surface area (Å²) in [7, 11) is 1.45. The molecule has 2 aromatic carbocycles. The predicted octanol–water partition coefficient (Wildman–Crippen LogP) is 3.54. The maximum absolute atomic E-state index is 12.7. The Morgan fingerprint density at radius 1 is 1.15 bits per heavy atom. The first kappa shape index (κ1) is 15.6. The van der Waals surface area contributed by atoms with Crippen LogP contribution >= 0.6 is 0 Å². The summed E-state index contributed by atoms with van der Waals surface area (Å²) >= 11 is 0. The Bertz CT molecular complexity index is 966. The van der Waals surface area contributed by atoms with Crippen LogP contribution in [0.3, 0.4) is 0 Å². The second-order valence-corrected chi connectivity index (χ2v) is 6.88. The van der Waals surface area contributed by atoms with Gasteiger partial charge in [0.1, 0.15) is 12.0 Å². The number of methoxy groups -OCH3 is 1. The van der Waals surface area contributed by atoms with Gasteiger partial charge in [0, 0.05) is 23.1 Å². The number of nitrogens with zero attached hydrogens (tertiary/aromatic N) is 1. The number of hydrogen-bond acceptors (Lipinski definition) is 4. The molecule has 0 saturated carbocycles. The highest BCUT2D eigenvalue weighted by molar-refractivity contribution is 5.86. The van der Waals surface area contributed by atoms with Gasteiger partial charge in [0.15, 0.2) is 0 Å². The maximum atomic E-state index is 12.7. The summed E-state index contributed by atoms with van der Waals surface area (Å²) in [6.45, 7) is 0.760. The van der Waals surface area contributed by atoms with Crippen molar-refractivity contribution >= 4 is 16.9 Å². The van der Waals surface area contributed by atoms with Crippen LogP contribution in [0.15, 0.2) is 54.6 Å². The number of carbonyl (C=O) groups excluding carboxylic acids is 1. The lowest BCUT2D eigenvalue weighted by Gasteiger charge is -2.29. The van der Waals surface area contributed by atoms with Gasteiger partial charge in [-0.15, -0.1) is 0 Å². The molecule has 1 fully saturated rings. The molecule has 5 rings (SSSR count). The van der Waals surface area contributed by atoms with Crippen LogP contribution in [0, 0.1) is 5.92 Å². The molecule has 0 spiro atoms. The fourth-order valence-electron chi connectivity index (χ4n) is 4.40. The number of rotatable bonds is 2. The second kappa shape index (κ2) is 5.97. The van der Waals surface area contributed by atoms with Gasteiger partial charge < -0.3 is 9.72 Å². The Hall–Kier alpha value is -2.63. The SMILES string of the molecule is COC(=O)[C@H]1[C@H](c2ccccc2)ON2CCc3c([nH]c4ccccc34)[C@@H]12. The van der Waals surface area contributed by atoms with Crippen molar-refractivity contribution in [3.8, 4) is 0 Å². The zero-order valence-corrected chi connectivity index (χ0v) is 14.5. The van der Waals surface area contributed by atoms with E-state index >= 15 is 0 Å². The Morgan fingerprint density at radius 2 is 1.92 bits per heavy atom. The molecule has 3 heterocycles. The van der Waals surface area contributed by atoms with Crippen molar-refractivity contribution in [1.29, 1.82) is 0 Å². The Morgan fingerprint density at radius 3 is 2.73 bits per heavy atom. The summed E-state index contributed by atoms with van der Waals surface area (Å²) in [5.74, 6) is -0.646. The van der Waals surface area contributed by atoms with E-state index in [2.05, 4.69) is 23.2 Å². The van der Waals surface area contributed by atoms with E-state index in [1.807, 2.05) is 41.5 Å². The summed E-state index contributed by atoms with van der Waals surface area (Å²) < 4.78 is 5.16. The molecule has 2 aliphatic rings. The molecule has 0 aliphatic carbocycles. The van der Waals surface area contributed by atoms with Crippen molar-refractivity contribution in [3.63, 3.8) is 0 Å². The number of para-hydroxylation sites is 1. The molecule has 0 radical (unpaired) electrons. The van der Waals surface area contributed by atoms with Gasteiger partial charge in [-0.3, -0.25) is 9.63 Å². The van der Waals surface area contributed by atoms with Crippen molar-refractivity contribution in [2.24, 2.45) is 5.92 Å². The zero-order chi connectivity index (χ0) is 17.7. The van der Waals surface area contributed by atoms with E-state index in [-0.39, 0.29) is 18.1 Å². The number of nitrogens with one attached hydrogen (secondary N) is 1. The summed E-state index contributed by atoms with van der Waals surface area (Å²) in [4.78, 5) is 22.5. The number of aromatic nitrogens is 1. The largest absolute Gasteiger partial charge is 0.469 e. The van der Waals surface area contributed by atoms with Gasteiger partial charge in [-0.05, 0) is 23.6 Å². The number of H-pyrrole nitrogens is 1. The number of benzene rings is 2. The predicted molar refractivity (Wildman–Crippen MR) is 97.2 cm³/mol. The van der Waals surface area contributed by atoms with Crippen molar-refractivity contribution in [2.45, 2.75) is 18.6 Å². The molecule has 132 valence electrons. The van der Waals surface area contributed by atoms with Crippen molar-refractivity contribution in [2.75, 3.05) is 13.7 Å². The molecule has 0 amide bonds. The fourth-order valence-corrected chi connectivity index (χ4v) is 4.40. The van der Waals surface area contributed by atoms with Crippen LogP contribution in [0.1, 0.15) is 29.0 Å². The second-order valence-electron chi connectivity index (χ2n) is 6.88. The lowest BCUT2D eigenvalue weighted by atomic mass is 9.85. The van der Waals surface area contributed by atoms with E-state index in [1.165, 1.54) is 18.1 Å². The van der Waals surface area contributed by atoms with Crippen molar-refractivity contribution in [3.05, 3.63) is 71.4 Å². The zero-order valence-electron chi connectivity index (χ0n) is 14.5. The van der Waals surface area contributed by atoms with E-state index in [4.69, 9.17) is 9.57 Å². The highest BCUT2D eigenvalue weighted by Gasteiger charge is 2.52. The number of aromatic amines is 1. The van der Waals surface area contributed by atoms with Gasteiger partial charge in [-0.1, -0.05) is 48.5 Å². The normalized spacial score (nSPS) is 25.0. The first-order valence-corrected chi connectivity index (χ1v) is 8.93. The summed E-state index contributed by atoms with van der Waals surface area (Å²) in [6, 6.07) is 18.1. The minimum Gasteiger partial charge on any atom is -0.469 e. The summed E-state index contributed by atoms with van der Waals surface area (Å²) in [5.41, 5.74) is 4.46. The van der Waals surface area contributed by atoms with Gasteiger partial charge in [-0.2, -0.15) is 5.06 Å². The number of hydrogen-bond donors (Lipinski definition) is 1. The van der Waals surface area contributed by atoms with Crippen LogP contribution in [0.25, 0.3) is 10.9 Å². The molecule has 1 N–H and O–H groups in total. The number of esters is 1. The van der Waals surface area contributed by atoms with Gasteiger partial charge in [0.25, 0.3) is 0 Å². The molecule has 1 saturated heterocycles. The number of hydroxylamine groups is 2. The molecule has 3 aromatic rings. The molecule has 26 heavy (non-hydrogen) atoms. The van der Waals surface area contributed by atoms with Gasteiger partial charge >= 0.3 is 5.97 Å². The molecule has 2 aliphatic heterocycles. The minimum atomic E-state index is -0.408. The lowest BCUT2D eigenvalue weighted by Crippen LogP contribution is -2.34. The molecular weight excluding hydrogens is 328 g/mol. The topological polar surface area (TPSA) is 54.6 Å². The van der Waals surface area contributed by atoms with Crippen LogP contribution < -0.4 is 0 Å². The van der Waals surface area contributed by atoms with E-state index in [0.29, 0.717) is 0 Å². The van der Waals surface area contributed by atoms with Crippen LogP contribution in [-0.2, 0) is 20.8 Å². The van der Waals surface area contributed by atoms with Crippen molar-refractivity contribution < 1.29 is 14.4 Å². The van der Waals surface area contributed by atoms with Crippen LogP contribution in [0.5, 0.6) is 0 Å². The number of ether oxygens (including phenoxy) is 1. The van der Waals surface area contributed by atoms with Gasteiger partial charge in [0.05, 0.1) is 13.2 Å². The fraction of sp³-hybridized carbons (Fsp3) is 0.286. The average Bonchev–Trinajstić information content (AvgIpc) is 3.26. The summed E-state index contributed by atoms with van der Waals surface area (Å²) in [6.07, 6.45) is 0.552. The maximum Gasteiger partial charge on any atom is 0.313 e. The summed E-state index contributed by atoms with van der Waals surface area (Å²) in [5, 5.41) is 3.19. The Kier molecular flexibility index (Phi) is 3.58. The van der Waals surface area contributed by atoms with E-state index < -0.39 is 5.92 Å². The third-order valence-corrected chi connectivity index (χ3v) is 5.55. The molecule has 1 aromatic heterocycles. The first-order valence-electron chi connectivity index (χ1n) is 8.93. The average molecular weight is 348 g/mol. The number of carbonyl (C=O) groups is 1. The quantitative estimate of drug-likeness (QED) is 0.720. The van der Waals surface area contributed by atoms with Gasteiger partial charge in [-0.25, -0.2) is 0 Å². The van der Waals surface area contributed by atoms with E-state index in [0.717, 1.165) is 29.7 Å². The van der Waals surface area contributed by atoms with Gasteiger partial charge in [0.2, 0.25) is 0 Å². The van der Waals surface area contributed by atoms with Crippen LogP contribution in [-0.4, -0.2) is 29.7 Å². The highest BCUT2D eigenvalue weighted by Crippen LogP contribution is 2.50. The van der Waals surface area contributed by atoms with E-state index in [1.54, 1.807) is 0 Å². The molecule has 5 nitrogen and oxygen atoms in total.